The summed E-state index contributed by atoms with van der Waals surface area (Å²) in [5.41, 5.74) is 5.62. The van der Waals surface area contributed by atoms with Gasteiger partial charge >= 0.3 is 0 Å². The summed E-state index contributed by atoms with van der Waals surface area (Å²) in [5, 5.41) is 8.57. The fraction of sp³-hybridized carbons (Fsp3) is 0.900. The predicted octanol–water partition coefficient (Wildman–Crippen LogP) is 0.345. The second kappa shape index (κ2) is 7.76. The molecule has 1 amide bonds. The monoisotopic (exact) mass is 202 g/mol. The van der Waals surface area contributed by atoms with Crippen molar-refractivity contribution in [1.29, 1.82) is 0 Å². The van der Waals surface area contributed by atoms with Crippen molar-refractivity contribution in [2.24, 2.45) is 5.73 Å². The first kappa shape index (κ1) is 13.4. The van der Waals surface area contributed by atoms with Gasteiger partial charge < -0.3 is 15.7 Å². The fourth-order valence-corrected chi connectivity index (χ4v) is 1.21. The van der Waals surface area contributed by atoms with Crippen LogP contribution in [0.5, 0.6) is 0 Å². The van der Waals surface area contributed by atoms with E-state index < -0.39 is 0 Å². The van der Waals surface area contributed by atoms with Gasteiger partial charge in [0.05, 0.1) is 6.04 Å². The second-order valence-corrected chi connectivity index (χ2v) is 3.56. The van der Waals surface area contributed by atoms with Crippen molar-refractivity contribution < 1.29 is 9.90 Å². The molecule has 0 aliphatic carbocycles. The molecule has 1 unspecified atom stereocenters. The Morgan fingerprint density at radius 3 is 2.57 bits per heavy atom. The van der Waals surface area contributed by atoms with Gasteiger partial charge in [-0.2, -0.15) is 0 Å². The van der Waals surface area contributed by atoms with Crippen LogP contribution in [0.15, 0.2) is 0 Å². The largest absolute Gasteiger partial charge is 0.396 e. The second-order valence-electron chi connectivity index (χ2n) is 3.56. The first-order valence-electron chi connectivity index (χ1n) is 5.24. The Bertz CT molecular complexity index is 162. The van der Waals surface area contributed by atoms with Gasteiger partial charge in [-0.05, 0) is 25.7 Å². The van der Waals surface area contributed by atoms with Gasteiger partial charge in [-0.1, -0.05) is 6.92 Å². The van der Waals surface area contributed by atoms with E-state index in [4.69, 9.17) is 10.8 Å². The van der Waals surface area contributed by atoms with Crippen molar-refractivity contribution in [3.63, 3.8) is 0 Å². The summed E-state index contributed by atoms with van der Waals surface area (Å²) in [6, 6.07) is -0.363. The molecule has 0 saturated heterocycles. The topological polar surface area (TPSA) is 66.6 Å². The molecule has 0 radical (unpaired) electrons. The maximum absolute atomic E-state index is 11.5. The molecule has 84 valence electrons. The smallest absolute Gasteiger partial charge is 0.239 e. The van der Waals surface area contributed by atoms with Crippen LogP contribution in [0.1, 0.15) is 32.6 Å². The number of hydrogen-bond acceptors (Lipinski definition) is 3. The molecule has 0 aliphatic heterocycles. The van der Waals surface area contributed by atoms with Crippen LogP contribution in [0, 0.1) is 0 Å². The molecule has 1 atom stereocenters. The zero-order valence-corrected chi connectivity index (χ0v) is 9.20. The van der Waals surface area contributed by atoms with Crippen molar-refractivity contribution in [3.05, 3.63) is 0 Å². The number of amides is 1. The van der Waals surface area contributed by atoms with Crippen molar-refractivity contribution >= 4 is 5.91 Å². The number of rotatable bonds is 7. The Kier molecular flexibility index (Phi) is 7.42. The molecule has 0 aromatic rings. The number of unbranched alkanes of at least 4 members (excludes halogenated alkanes) is 2. The van der Waals surface area contributed by atoms with Crippen LogP contribution < -0.4 is 5.73 Å². The Labute approximate surface area is 86.1 Å². The SMILES string of the molecule is CCC(N)C(=O)N(C)CCCCCO. The van der Waals surface area contributed by atoms with Gasteiger partial charge in [0, 0.05) is 20.2 Å². The minimum absolute atomic E-state index is 0.0106. The number of carbonyl (C=O) groups excluding carboxylic acids is 1. The molecule has 0 rings (SSSR count). The number of hydrogen-bond donors (Lipinski definition) is 2. The third-order valence-corrected chi connectivity index (χ3v) is 2.28. The van der Waals surface area contributed by atoms with Crippen molar-refractivity contribution in [1.82, 2.24) is 4.90 Å². The van der Waals surface area contributed by atoms with Gasteiger partial charge in [-0.25, -0.2) is 0 Å². The van der Waals surface area contributed by atoms with E-state index >= 15 is 0 Å². The molecule has 0 aliphatic rings. The van der Waals surface area contributed by atoms with E-state index in [0.717, 1.165) is 25.8 Å². The maximum atomic E-state index is 11.5. The van der Waals surface area contributed by atoms with Crippen molar-refractivity contribution in [2.75, 3.05) is 20.2 Å². The molecule has 0 fully saturated rings. The molecule has 0 saturated carbocycles. The van der Waals surface area contributed by atoms with Gasteiger partial charge in [0.25, 0.3) is 0 Å². The fourth-order valence-electron chi connectivity index (χ4n) is 1.21. The van der Waals surface area contributed by atoms with Crippen LogP contribution >= 0.6 is 0 Å². The van der Waals surface area contributed by atoms with E-state index in [1.807, 2.05) is 6.92 Å². The first-order valence-corrected chi connectivity index (χ1v) is 5.24. The number of aliphatic hydroxyl groups is 1. The van der Waals surface area contributed by atoms with Crippen LogP contribution in [0.4, 0.5) is 0 Å². The summed E-state index contributed by atoms with van der Waals surface area (Å²) in [5.74, 6) is 0.0106. The molecule has 4 nitrogen and oxygen atoms in total. The number of carbonyl (C=O) groups is 1. The van der Waals surface area contributed by atoms with E-state index in [2.05, 4.69) is 0 Å². The number of nitrogens with zero attached hydrogens (tertiary/aromatic N) is 1. The number of aliphatic hydroxyl groups excluding tert-OH is 1. The van der Waals surface area contributed by atoms with Crippen LogP contribution in [-0.4, -0.2) is 42.2 Å². The lowest BCUT2D eigenvalue weighted by Crippen LogP contribution is -2.41. The van der Waals surface area contributed by atoms with Gasteiger partial charge in [-0.15, -0.1) is 0 Å². The van der Waals surface area contributed by atoms with E-state index in [9.17, 15) is 4.79 Å². The lowest BCUT2D eigenvalue weighted by atomic mass is 10.2. The Morgan fingerprint density at radius 2 is 2.07 bits per heavy atom. The Hall–Kier alpha value is -0.610. The molecular formula is C10H22N2O2. The molecule has 0 aromatic carbocycles. The highest BCUT2D eigenvalue weighted by Crippen LogP contribution is 1.99. The summed E-state index contributed by atoms with van der Waals surface area (Å²) in [7, 11) is 1.77. The quantitative estimate of drug-likeness (QED) is 0.585. The van der Waals surface area contributed by atoms with E-state index in [1.165, 1.54) is 0 Å². The molecule has 14 heavy (non-hydrogen) atoms. The van der Waals surface area contributed by atoms with Gasteiger partial charge in [0.2, 0.25) is 5.91 Å². The molecular weight excluding hydrogens is 180 g/mol. The zero-order chi connectivity index (χ0) is 11.0. The molecule has 0 bridgehead atoms. The molecule has 0 spiro atoms. The normalized spacial score (nSPS) is 12.6. The maximum Gasteiger partial charge on any atom is 0.239 e. The minimum atomic E-state index is -0.363. The molecule has 0 aromatic heterocycles. The van der Waals surface area contributed by atoms with Crippen LogP contribution in [-0.2, 0) is 4.79 Å². The average Bonchev–Trinajstić information content (AvgIpc) is 2.21. The highest BCUT2D eigenvalue weighted by atomic mass is 16.2. The van der Waals surface area contributed by atoms with Gasteiger partial charge in [0.15, 0.2) is 0 Å². The Morgan fingerprint density at radius 1 is 1.43 bits per heavy atom. The zero-order valence-electron chi connectivity index (χ0n) is 9.20. The van der Waals surface area contributed by atoms with E-state index in [1.54, 1.807) is 11.9 Å². The van der Waals surface area contributed by atoms with Crippen LogP contribution in [0.25, 0.3) is 0 Å². The lowest BCUT2D eigenvalue weighted by molar-refractivity contribution is -0.131. The standard InChI is InChI=1S/C10H22N2O2/c1-3-9(11)10(14)12(2)7-5-4-6-8-13/h9,13H,3-8,11H2,1-2H3. The van der Waals surface area contributed by atoms with Crippen molar-refractivity contribution in [3.8, 4) is 0 Å². The summed E-state index contributed by atoms with van der Waals surface area (Å²) >= 11 is 0. The first-order chi connectivity index (χ1) is 6.63. The minimum Gasteiger partial charge on any atom is -0.396 e. The van der Waals surface area contributed by atoms with Crippen LogP contribution in [0.3, 0.4) is 0 Å². The summed E-state index contributed by atoms with van der Waals surface area (Å²) in [6.07, 6.45) is 3.37. The molecule has 0 heterocycles. The highest BCUT2D eigenvalue weighted by molar-refractivity contribution is 5.81. The highest BCUT2D eigenvalue weighted by Gasteiger charge is 2.14. The molecule has 4 heteroatoms. The van der Waals surface area contributed by atoms with Crippen molar-refractivity contribution in [2.45, 2.75) is 38.6 Å². The van der Waals surface area contributed by atoms with E-state index in [-0.39, 0.29) is 18.6 Å². The number of nitrogens with two attached hydrogens (primary N) is 1. The Balaban J connectivity index is 3.62. The van der Waals surface area contributed by atoms with Crippen LogP contribution in [0.2, 0.25) is 0 Å². The summed E-state index contributed by atoms with van der Waals surface area (Å²) < 4.78 is 0. The molecule has 3 N–H and O–H groups in total. The number of likely N-dealkylation sites (N-methyl/N-ethyl adjacent to an activating group) is 1. The van der Waals surface area contributed by atoms with E-state index in [0.29, 0.717) is 6.42 Å². The predicted molar refractivity (Wildman–Crippen MR) is 56.8 cm³/mol. The third-order valence-electron chi connectivity index (χ3n) is 2.28. The lowest BCUT2D eigenvalue weighted by Gasteiger charge is -2.20. The van der Waals surface area contributed by atoms with Gasteiger partial charge in [0.1, 0.15) is 0 Å². The average molecular weight is 202 g/mol. The van der Waals surface area contributed by atoms with Gasteiger partial charge in [-0.3, -0.25) is 4.79 Å². The summed E-state index contributed by atoms with van der Waals surface area (Å²) in [4.78, 5) is 13.2. The third kappa shape index (κ3) is 5.19. The summed E-state index contributed by atoms with van der Waals surface area (Å²) in [6.45, 7) is 2.86.